The molecule has 0 bridgehead atoms. The highest BCUT2D eigenvalue weighted by Gasteiger charge is 2.14. The molecule has 0 saturated carbocycles. The van der Waals surface area contributed by atoms with E-state index in [1.165, 1.54) is 16.7 Å². The monoisotopic (exact) mass is 286 g/mol. The van der Waals surface area contributed by atoms with E-state index in [0.717, 1.165) is 0 Å². The number of aromatic nitrogens is 3. The maximum absolute atomic E-state index is 11.8. The number of rotatable bonds is 7. The summed E-state index contributed by atoms with van der Waals surface area (Å²) < 4.78 is 1.88. The number of hydrogen-bond donors (Lipinski definition) is 1. The Morgan fingerprint density at radius 2 is 2.21 bits per heavy atom. The minimum absolute atomic E-state index is 0.0465. The molecule has 0 spiro atoms. The van der Waals surface area contributed by atoms with Crippen molar-refractivity contribution in [3.05, 3.63) is 6.33 Å². The summed E-state index contributed by atoms with van der Waals surface area (Å²) in [6.45, 7) is 4.23. The van der Waals surface area contributed by atoms with Crippen LogP contribution in [0.4, 0.5) is 0 Å². The van der Waals surface area contributed by atoms with Crippen molar-refractivity contribution in [1.29, 1.82) is 0 Å². The molecule has 0 fully saturated rings. The van der Waals surface area contributed by atoms with Gasteiger partial charge in [0.2, 0.25) is 5.91 Å². The first-order valence-electron chi connectivity index (χ1n) is 5.90. The number of hydrogen-bond acceptors (Lipinski definition) is 5. The second kappa shape index (κ2) is 7.13. The molecule has 1 aromatic heterocycles. The zero-order valence-electron chi connectivity index (χ0n) is 11.2. The Kier molecular flexibility index (Phi) is 5.81. The lowest BCUT2D eigenvalue weighted by Gasteiger charge is -2.16. The minimum Gasteiger partial charge on any atom is -0.481 e. The van der Waals surface area contributed by atoms with E-state index in [2.05, 4.69) is 10.2 Å². The molecule has 0 aliphatic heterocycles. The van der Waals surface area contributed by atoms with Gasteiger partial charge in [-0.15, -0.1) is 10.2 Å². The summed E-state index contributed by atoms with van der Waals surface area (Å²) in [4.78, 5) is 23.6. The van der Waals surface area contributed by atoms with Gasteiger partial charge in [0.25, 0.3) is 0 Å². The van der Waals surface area contributed by atoms with Gasteiger partial charge in [0.1, 0.15) is 6.33 Å². The van der Waals surface area contributed by atoms with Crippen molar-refractivity contribution < 1.29 is 14.7 Å². The summed E-state index contributed by atoms with van der Waals surface area (Å²) in [5.41, 5.74) is 0. The van der Waals surface area contributed by atoms with Crippen molar-refractivity contribution in [3.8, 4) is 0 Å². The number of carboxylic acids is 1. The van der Waals surface area contributed by atoms with Crippen LogP contribution in [0.2, 0.25) is 0 Å². The maximum Gasteiger partial charge on any atom is 0.305 e. The van der Waals surface area contributed by atoms with Crippen LogP contribution in [-0.4, -0.2) is 56.0 Å². The normalized spacial score (nSPS) is 10.7. The number of nitrogens with zero attached hydrogens (tertiary/aromatic N) is 4. The fourth-order valence-corrected chi connectivity index (χ4v) is 2.30. The molecule has 7 nitrogen and oxygen atoms in total. The molecule has 1 N–H and O–H groups in total. The third-order valence-electron chi connectivity index (χ3n) is 2.51. The molecule has 0 aliphatic carbocycles. The fourth-order valence-electron chi connectivity index (χ4n) is 1.31. The SMILES string of the molecule is CC(C)n1cnnc1SCC(=O)N(C)CCC(=O)O. The van der Waals surface area contributed by atoms with Gasteiger partial charge >= 0.3 is 5.97 Å². The summed E-state index contributed by atoms with van der Waals surface area (Å²) in [6, 6.07) is 0.234. The van der Waals surface area contributed by atoms with Crippen molar-refractivity contribution in [2.45, 2.75) is 31.5 Å². The van der Waals surface area contributed by atoms with Crippen LogP contribution >= 0.6 is 11.8 Å². The standard InChI is InChI=1S/C11H18N4O3S/c1-8(2)15-7-12-13-11(15)19-6-9(16)14(3)5-4-10(17)18/h7-8H,4-6H2,1-3H3,(H,17,18). The highest BCUT2D eigenvalue weighted by atomic mass is 32.2. The first kappa shape index (κ1) is 15.5. The van der Waals surface area contributed by atoms with Gasteiger partial charge in [0.05, 0.1) is 12.2 Å². The lowest BCUT2D eigenvalue weighted by Crippen LogP contribution is -2.30. The first-order chi connectivity index (χ1) is 8.91. The van der Waals surface area contributed by atoms with E-state index in [1.807, 2.05) is 18.4 Å². The number of thioether (sulfide) groups is 1. The van der Waals surface area contributed by atoms with E-state index in [1.54, 1.807) is 13.4 Å². The van der Waals surface area contributed by atoms with Crippen LogP contribution in [0, 0.1) is 0 Å². The van der Waals surface area contributed by atoms with Gasteiger partial charge < -0.3 is 14.6 Å². The summed E-state index contributed by atoms with van der Waals surface area (Å²) in [5, 5.41) is 17.0. The van der Waals surface area contributed by atoms with E-state index in [4.69, 9.17) is 5.11 Å². The van der Waals surface area contributed by atoms with Crippen LogP contribution in [0.1, 0.15) is 26.3 Å². The molecular formula is C11H18N4O3S. The second-order valence-corrected chi connectivity index (χ2v) is 5.30. The molecule has 0 aromatic carbocycles. The van der Waals surface area contributed by atoms with Gasteiger partial charge in [-0.25, -0.2) is 0 Å². The van der Waals surface area contributed by atoms with Gasteiger partial charge in [-0.3, -0.25) is 9.59 Å². The molecule has 106 valence electrons. The predicted octanol–water partition coefficient (Wildman–Crippen LogP) is 0.884. The zero-order valence-corrected chi connectivity index (χ0v) is 12.1. The van der Waals surface area contributed by atoms with E-state index < -0.39 is 5.97 Å². The Hall–Kier alpha value is -1.57. The third kappa shape index (κ3) is 4.90. The number of aliphatic carboxylic acids is 1. The van der Waals surface area contributed by atoms with Crippen LogP contribution in [-0.2, 0) is 9.59 Å². The molecule has 19 heavy (non-hydrogen) atoms. The Balaban J connectivity index is 2.45. The van der Waals surface area contributed by atoms with Gasteiger partial charge in [-0.1, -0.05) is 11.8 Å². The van der Waals surface area contributed by atoms with Crippen molar-refractivity contribution in [2.75, 3.05) is 19.3 Å². The van der Waals surface area contributed by atoms with Gasteiger partial charge in [-0.2, -0.15) is 0 Å². The molecule has 0 atom stereocenters. The third-order valence-corrected chi connectivity index (χ3v) is 3.45. The van der Waals surface area contributed by atoms with E-state index in [9.17, 15) is 9.59 Å². The Labute approximate surface area is 116 Å². The van der Waals surface area contributed by atoms with Crippen LogP contribution in [0.25, 0.3) is 0 Å². The van der Waals surface area contributed by atoms with Gasteiger partial charge in [0.15, 0.2) is 5.16 Å². The topological polar surface area (TPSA) is 88.3 Å². The average Bonchev–Trinajstić information content (AvgIpc) is 2.81. The molecular weight excluding hydrogens is 268 g/mol. The number of carbonyl (C=O) groups is 2. The highest BCUT2D eigenvalue weighted by molar-refractivity contribution is 7.99. The number of carbonyl (C=O) groups excluding carboxylic acids is 1. The van der Waals surface area contributed by atoms with E-state index in [-0.39, 0.29) is 30.7 Å². The Morgan fingerprint density at radius 1 is 1.53 bits per heavy atom. The largest absolute Gasteiger partial charge is 0.481 e. The van der Waals surface area contributed by atoms with Crippen molar-refractivity contribution in [2.24, 2.45) is 0 Å². The lowest BCUT2D eigenvalue weighted by molar-refractivity contribution is -0.137. The van der Waals surface area contributed by atoms with Crippen molar-refractivity contribution in [3.63, 3.8) is 0 Å². The Bertz CT molecular complexity index is 447. The summed E-state index contributed by atoms with van der Waals surface area (Å²) in [6.07, 6.45) is 1.58. The second-order valence-electron chi connectivity index (χ2n) is 4.36. The quantitative estimate of drug-likeness (QED) is 0.749. The molecule has 1 aromatic rings. The highest BCUT2D eigenvalue weighted by Crippen LogP contribution is 2.18. The fraction of sp³-hybridized carbons (Fsp3) is 0.636. The molecule has 0 saturated heterocycles. The van der Waals surface area contributed by atoms with E-state index in [0.29, 0.717) is 5.16 Å². The first-order valence-corrected chi connectivity index (χ1v) is 6.88. The van der Waals surface area contributed by atoms with E-state index >= 15 is 0 Å². The molecule has 0 radical (unpaired) electrons. The molecule has 1 heterocycles. The average molecular weight is 286 g/mol. The summed E-state index contributed by atoms with van der Waals surface area (Å²) in [7, 11) is 1.60. The van der Waals surface area contributed by atoms with Crippen molar-refractivity contribution in [1.82, 2.24) is 19.7 Å². The van der Waals surface area contributed by atoms with Gasteiger partial charge in [0, 0.05) is 19.6 Å². The predicted molar refractivity (Wildman–Crippen MR) is 71.0 cm³/mol. The lowest BCUT2D eigenvalue weighted by atomic mass is 10.4. The Morgan fingerprint density at radius 3 is 2.79 bits per heavy atom. The van der Waals surface area contributed by atoms with Gasteiger partial charge in [-0.05, 0) is 13.8 Å². The smallest absolute Gasteiger partial charge is 0.305 e. The summed E-state index contributed by atoms with van der Waals surface area (Å²) >= 11 is 1.30. The molecule has 0 aliphatic rings. The maximum atomic E-state index is 11.8. The number of amides is 1. The molecule has 1 amide bonds. The van der Waals surface area contributed by atoms with Crippen LogP contribution in [0.3, 0.4) is 0 Å². The summed E-state index contributed by atoms with van der Waals surface area (Å²) in [5.74, 6) is -0.807. The zero-order chi connectivity index (χ0) is 14.4. The van der Waals surface area contributed by atoms with Crippen LogP contribution in [0.5, 0.6) is 0 Å². The minimum atomic E-state index is -0.910. The molecule has 0 unspecified atom stereocenters. The number of carboxylic acid groups (broad SMARTS) is 1. The van der Waals surface area contributed by atoms with Crippen molar-refractivity contribution >= 4 is 23.6 Å². The molecule has 1 rings (SSSR count). The van der Waals surface area contributed by atoms with Crippen LogP contribution in [0.15, 0.2) is 11.5 Å². The van der Waals surface area contributed by atoms with Crippen LogP contribution < -0.4 is 0 Å². The molecule has 8 heteroatoms.